The number of nitrogens with one attached hydrogen (secondary N) is 1. The molecule has 1 aromatic carbocycles. The van der Waals surface area contributed by atoms with Crippen LogP contribution in [0.2, 0.25) is 0 Å². The van der Waals surface area contributed by atoms with Gasteiger partial charge in [-0.25, -0.2) is 0 Å². The van der Waals surface area contributed by atoms with Crippen molar-refractivity contribution >= 4 is 29.7 Å². The molecule has 0 saturated carbocycles. The van der Waals surface area contributed by atoms with E-state index in [4.69, 9.17) is 4.74 Å². The van der Waals surface area contributed by atoms with Gasteiger partial charge in [-0.05, 0) is 65.0 Å². The second kappa shape index (κ2) is 13.0. The Labute approximate surface area is 204 Å². The van der Waals surface area contributed by atoms with Gasteiger partial charge in [-0.1, -0.05) is 24.3 Å². The van der Waals surface area contributed by atoms with Gasteiger partial charge in [0.15, 0.2) is 0 Å². The molecule has 0 bridgehead atoms. The lowest BCUT2D eigenvalue weighted by atomic mass is 10.0. The zero-order chi connectivity index (χ0) is 25.1. The molecule has 0 spiro atoms. The van der Waals surface area contributed by atoms with Gasteiger partial charge in [-0.3, -0.25) is 14.4 Å². The average molecular weight is 470 g/mol. The van der Waals surface area contributed by atoms with Crippen LogP contribution < -0.4 is 15.1 Å². The number of ether oxygens (including phenoxy) is 1. The second-order valence-electron chi connectivity index (χ2n) is 9.83. The molecular weight excluding hydrogens is 430 g/mol. The minimum atomic E-state index is -0.521. The van der Waals surface area contributed by atoms with E-state index >= 15 is 0 Å². The molecule has 7 heteroatoms. The van der Waals surface area contributed by atoms with E-state index in [9.17, 15) is 14.4 Å². The van der Waals surface area contributed by atoms with Gasteiger partial charge < -0.3 is 19.9 Å². The van der Waals surface area contributed by atoms with E-state index in [1.807, 2.05) is 58.0 Å². The molecule has 1 fully saturated rings. The molecule has 2 rings (SSSR count). The number of rotatable bonds is 9. The van der Waals surface area contributed by atoms with Crippen LogP contribution in [0, 0.1) is 11.8 Å². The monoisotopic (exact) mass is 469 g/mol. The molecule has 1 aliphatic rings. The summed E-state index contributed by atoms with van der Waals surface area (Å²) in [5, 5.41) is 2.91. The van der Waals surface area contributed by atoms with Crippen molar-refractivity contribution in [2.75, 3.05) is 30.4 Å². The maximum atomic E-state index is 12.6. The predicted octanol–water partition coefficient (Wildman–Crippen LogP) is 4.03. The van der Waals surface area contributed by atoms with E-state index in [1.54, 1.807) is 0 Å². The van der Waals surface area contributed by atoms with Gasteiger partial charge in [0, 0.05) is 39.0 Å². The molecule has 0 aromatic heterocycles. The highest BCUT2D eigenvalue weighted by atomic mass is 16.6. The number of benzene rings is 1. The first-order valence-electron chi connectivity index (χ1n) is 12.2. The lowest BCUT2D eigenvalue weighted by Gasteiger charge is -2.30. The first-order valence-corrected chi connectivity index (χ1v) is 12.2. The van der Waals surface area contributed by atoms with Crippen LogP contribution in [0.15, 0.2) is 18.2 Å². The Kier molecular flexibility index (Phi) is 10.4. The summed E-state index contributed by atoms with van der Waals surface area (Å²) in [5.74, 6) is 6.20. The van der Waals surface area contributed by atoms with E-state index in [-0.39, 0.29) is 11.9 Å². The number of esters is 1. The molecule has 34 heavy (non-hydrogen) atoms. The van der Waals surface area contributed by atoms with Gasteiger partial charge in [0.25, 0.3) is 0 Å². The summed E-state index contributed by atoms with van der Waals surface area (Å²) in [4.78, 5) is 39.9. The Balaban J connectivity index is 2.05. The zero-order valence-electron chi connectivity index (χ0n) is 21.3. The van der Waals surface area contributed by atoms with Crippen LogP contribution in [0.5, 0.6) is 0 Å². The molecule has 1 aromatic rings. The van der Waals surface area contributed by atoms with Crippen LogP contribution in [0.4, 0.5) is 11.4 Å². The lowest BCUT2D eigenvalue weighted by molar-refractivity contribution is -0.154. The van der Waals surface area contributed by atoms with E-state index < -0.39 is 11.6 Å². The first-order chi connectivity index (χ1) is 16.1. The maximum Gasteiger partial charge on any atom is 0.306 e. The van der Waals surface area contributed by atoms with Crippen molar-refractivity contribution in [2.45, 2.75) is 83.8 Å². The predicted molar refractivity (Wildman–Crippen MR) is 136 cm³/mol. The molecule has 1 aliphatic heterocycles. The molecule has 1 heterocycles. The van der Waals surface area contributed by atoms with E-state index in [1.165, 1.54) is 4.90 Å². The fourth-order valence-corrected chi connectivity index (χ4v) is 4.01. The van der Waals surface area contributed by atoms with Crippen molar-refractivity contribution in [3.05, 3.63) is 23.8 Å². The summed E-state index contributed by atoms with van der Waals surface area (Å²) < 4.78 is 5.33. The van der Waals surface area contributed by atoms with Crippen LogP contribution in [-0.2, 0) is 19.1 Å². The molecule has 186 valence electrons. The summed E-state index contributed by atoms with van der Waals surface area (Å²) in [5.41, 5.74) is 1.88. The highest BCUT2D eigenvalue weighted by Gasteiger charge is 2.29. The minimum absolute atomic E-state index is 0.114. The second-order valence-corrected chi connectivity index (χ2v) is 9.83. The van der Waals surface area contributed by atoms with Crippen molar-refractivity contribution in [1.82, 2.24) is 5.32 Å². The van der Waals surface area contributed by atoms with Crippen molar-refractivity contribution < 1.29 is 19.1 Å². The van der Waals surface area contributed by atoms with Gasteiger partial charge in [-0.15, -0.1) is 0 Å². The summed E-state index contributed by atoms with van der Waals surface area (Å²) in [6.45, 7) is 6.26. The Bertz CT molecular complexity index is 909. The quantitative estimate of drug-likeness (QED) is 0.256. The van der Waals surface area contributed by atoms with Crippen LogP contribution in [0.3, 0.4) is 0 Å². The molecule has 1 saturated heterocycles. The third-order valence-electron chi connectivity index (χ3n) is 5.52. The Morgan fingerprint density at radius 3 is 2.65 bits per heavy atom. The molecule has 1 unspecified atom stereocenters. The number of hydrogen-bond donors (Lipinski definition) is 1. The molecule has 7 nitrogen and oxygen atoms in total. The van der Waals surface area contributed by atoms with Gasteiger partial charge >= 0.3 is 5.97 Å². The zero-order valence-corrected chi connectivity index (χ0v) is 21.3. The summed E-state index contributed by atoms with van der Waals surface area (Å²) in [6.07, 6.45) is 6.92. The van der Waals surface area contributed by atoms with E-state index in [0.717, 1.165) is 49.8 Å². The number of carbonyl (C=O) groups is 3. The van der Waals surface area contributed by atoms with Gasteiger partial charge in [-0.2, -0.15) is 0 Å². The van der Waals surface area contributed by atoms with Crippen LogP contribution >= 0.6 is 0 Å². The van der Waals surface area contributed by atoms with Crippen LogP contribution in [0.1, 0.15) is 77.7 Å². The van der Waals surface area contributed by atoms with Crippen molar-refractivity contribution in [3.8, 4) is 11.8 Å². The normalized spacial score (nSPS) is 15.9. The Morgan fingerprint density at radius 2 is 1.97 bits per heavy atom. The smallest absolute Gasteiger partial charge is 0.306 e. The van der Waals surface area contributed by atoms with E-state index in [2.05, 4.69) is 17.2 Å². The molecule has 1 N–H and O–H groups in total. The summed E-state index contributed by atoms with van der Waals surface area (Å²) >= 11 is 0. The SMILES string of the molecule is CN(C)c1c(C#CCCCCCC(=O)OC(C)(C)C)cccc1N(C=O)C1CCCCNC1=O. The summed E-state index contributed by atoms with van der Waals surface area (Å²) in [7, 11) is 3.83. The maximum absolute atomic E-state index is 12.6. The highest BCUT2D eigenvalue weighted by molar-refractivity contribution is 5.96. The van der Waals surface area contributed by atoms with Crippen molar-refractivity contribution in [2.24, 2.45) is 0 Å². The highest BCUT2D eigenvalue weighted by Crippen LogP contribution is 2.33. The fraction of sp³-hybridized carbons (Fsp3) is 0.593. The lowest BCUT2D eigenvalue weighted by Crippen LogP contribution is -2.45. The first kappa shape index (κ1) is 27.2. The van der Waals surface area contributed by atoms with Crippen LogP contribution in [-0.4, -0.2) is 50.6 Å². The van der Waals surface area contributed by atoms with Crippen LogP contribution in [0.25, 0.3) is 0 Å². The number of para-hydroxylation sites is 1. The van der Waals surface area contributed by atoms with Gasteiger partial charge in [0.05, 0.1) is 11.4 Å². The summed E-state index contributed by atoms with van der Waals surface area (Å²) in [6, 6.07) is 5.15. The third-order valence-corrected chi connectivity index (χ3v) is 5.52. The molecule has 0 radical (unpaired) electrons. The van der Waals surface area contributed by atoms with E-state index in [0.29, 0.717) is 31.5 Å². The Morgan fingerprint density at radius 1 is 1.21 bits per heavy atom. The third kappa shape index (κ3) is 8.40. The number of amides is 2. The molecule has 1 atom stereocenters. The number of nitrogens with zero attached hydrogens (tertiary/aromatic N) is 2. The number of hydrogen-bond acceptors (Lipinski definition) is 5. The van der Waals surface area contributed by atoms with Gasteiger partial charge in [0.1, 0.15) is 11.6 Å². The average Bonchev–Trinajstić information content (AvgIpc) is 2.97. The number of anilines is 2. The van der Waals surface area contributed by atoms with Crippen molar-refractivity contribution in [3.63, 3.8) is 0 Å². The molecular formula is C27H39N3O4. The fourth-order valence-electron chi connectivity index (χ4n) is 4.01. The minimum Gasteiger partial charge on any atom is -0.460 e. The standard InChI is InChI=1S/C27H39N3O4/c1-27(2,3)34-24(32)18-10-8-6-7-9-14-21-15-13-17-22(25(21)29(4)5)30(20-31)23-16-11-12-19-28-26(23)33/h13,15,17,20,23H,6-8,10-12,16,18-19H2,1-5H3,(H,28,33). The topological polar surface area (TPSA) is 79.0 Å². The number of unbranched alkanes of at least 4 members (excludes halogenated alkanes) is 3. The largest absolute Gasteiger partial charge is 0.460 e. The Hall–Kier alpha value is -3.01. The van der Waals surface area contributed by atoms with Crippen molar-refractivity contribution in [1.29, 1.82) is 0 Å². The number of carbonyl (C=O) groups excluding carboxylic acids is 3. The molecule has 2 amide bonds. The van der Waals surface area contributed by atoms with Gasteiger partial charge in [0.2, 0.25) is 12.3 Å². The molecule has 0 aliphatic carbocycles.